The average Bonchev–Trinajstić information content (AvgIpc) is 2.04. The second-order valence-electron chi connectivity index (χ2n) is 2.45. The number of ether oxygens (including phenoxy) is 1. The summed E-state index contributed by atoms with van der Waals surface area (Å²) < 4.78 is 5.28. The van der Waals surface area contributed by atoms with Crippen LogP contribution in [0.1, 0.15) is 19.8 Å². The maximum absolute atomic E-state index is 5.53. The summed E-state index contributed by atoms with van der Waals surface area (Å²) in [5.74, 6) is 0. The van der Waals surface area contributed by atoms with E-state index in [9.17, 15) is 0 Å². The van der Waals surface area contributed by atoms with E-state index < -0.39 is 0 Å². The van der Waals surface area contributed by atoms with Crippen LogP contribution in [0.15, 0.2) is 0 Å². The summed E-state index contributed by atoms with van der Waals surface area (Å²) in [5, 5.41) is 0. The van der Waals surface area contributed by atoms with Gasteiger partial charge in [0.25, 0.3) is 0 Å². The summed E-state index contributed by atoms with van der Waals surface area (Å²) in [6.45, 7) is 8.96. The quantitative estimate of drug-likeness (QED) is 0.376. The van der Waals surface area contributed by atoms with E-state index in [0.717, 1.165) is 39.1 Å². The summed E-state index contributed by atoms with van der Waals surface area (Å²) in [7, 11) is 5.53. The third-order valence-corrected chi connectivity index (χ3v) is 1.47. The van der Waals surface area contributed by atoms with Crippen molar-refractivity contribution in [2.45, 2.75) is 19.8 Å². The molecular formula is C8H17BNOY-. The molecule has 0 aromatic carbocycles. The summed E-state index contributed by atoms with van der Waals surface area (Å²) in [6.07, 6.45) is 1.98. The standard InChI is InChI=1S/C8H17BNO.Y/c1-3-5-7-11-8-6-10(9)4-2;/h1,3-8H2,2H3;/q-1;. The molecule has 0 unspecified atom stereocenters. The van der Waals surface area contributed by atoms with Gasteiger partial charge in [0.1, 0.15) is 0 Å². The first-order chi connectivity index (χ1) is 5.31. The number of nitrogens with zero attached hydrogens (tertiary/aromatic N) is 1. The van der Waals surface area contributed by atoms with Gasteiger partial charge in [-0.15, -0.1) is 0 Å². The second kappa shape index (κ2) is 12.1. The van der Waals surface area contributed by atoms with Gasteiger partial charge < -0.3 is 16.5 Å². The number of unbranched alkanes of at least 4 members (excludes halogenated alkanes) is 1. The monoisotopic (exact) mass is 243 g/mol. The first kappa shape index (κ1) is 15.6. The summed E-state index contributed by atoms with van der Waals surface area (Å²) >= 11 is 0. The van der Waals surface area contributed by atoms with Crippen LogP contribution in [0.2, 0.25) is 0 Å². The molecule has 2 nitrogen and oxygen atoms in total. The summed E-state index contributed by atoms with van der Waals surface area (Å²) in [5.41, 5.74) is 0. The van der Waals surface area contributed by atoms with Crippen molar-refractivity contribution < 1.29 is 37.4 Å². The Bertz CT molecular complexity index is 85.5. The molecule has 0 aromatic rings. The fraction of sp³-hybridized carbons (Fsp3) is 0.875. The SMILES string of the molecule is [B]N(CC)CCOCCC[CH2-].[Y]. The summed E-state index contributed by atoms with van der Waals surface area (Å²) in [6, 6.07) is 0. The molecule has 3 radical (unpaired) electrons. The van der Waals surface area contributed by atoms with Gasteiger partial charge in [0.2, 0.25) is 0 Å². The van der Waals surface area contributed by atoms with E-state index in [-0.39, 0.29) is 32.7 Å². The van der Waals surface area contributed by atoms with Crippen molar-refractivity contribution >= 4 is 7.98 Å². The fourth-order valence-electron chi connectivity index (χ4n) is 0.646. The topological polar surface area (TPSA) is 12.5 Å². The van der Waals surface area contributed by atoms with Gasteiger partial charge in [0.15, 0.2) is 7.98 Å². The Morgan fingerprint density at radius 3 is 2.58 bits per heavy atom. The Balaban J connectivity index is 0. The maximum atomic E-state index is 5.53. The number of likely N-dealkylation sites (N-methyl/N-ethyl adjacent to an activating group) is 1. The van der Waals surface area contributed by atoms with E-state index in [1.165, 1.54) is 0 Å². The van der Waals surface area contributed by atoms with Gasteiger partial charge in [-0.05, 0) is 6.54 Å². The van der Waals surface area contributed by atoms with Crippen molar-refractivity contribution in [2.75, 3.05) is 26.3 Å². The molecule has 0 aliphatic carbocycles. The molecule has 12 heavy (non-hydrogen) atoms. The van der Waals surface area contributed by atoms with Gasteiger partial charge in [0, 0.05) is 45.9 Å². The van der Waals surface area contributed by atoms with E-state index in [0.29, 0.717) is 0 Å². The molecule has 0 rings (SSSR count). The average molecular weight is 243 g/mol. The molecule has 0 saturated carbocycles. The predicted octanol–water partition coefficient (Wildman–Crippen LogP) is 1.02. The second-order valence-corrected chi connectivity index (χ2v) is 2.45. The molecule has 0 spiro atoms. The molecule has 0 aromatic heterocycles. The van der Waals surface area contributed by atoms with Crippen LogP contribution >= 0.6 is 0 Å². The van der Waals surface area contributed by atoms with Gasteiger partial charge in [-0.2, -0.15) is 6.42 Å². The zero-order valence-corrected chi connectivity index (χ0v) is 10.8. The Morgan fingerprint density at radius 2 is 2.08 bits per heavy atom. The van der Waals surface area contributed by atoms with Crippen LogP contribution in [-0.4, -0.2) is 39.1 Å². The predicted molar refractivity (Wildman–Crippen MR) is 48.4 cm³/mol. The maximum Gasteiger partial charge on any atom is 0.182 e. The molecular weight excluding hydrogens is 226 g/mol. The minimum Gasteiger partial charge on any atom is -0.380 e. The van der Waals surface area contributed by atoms with Crippen molar-refractivity contribution in [3.63, 3.8) is 0 Å². The third-order valence-electron chi connectivity index (χ3n) is 1.47. The largest absolute Gasteiger partial charge is 0.380 e. The van der Waals surface area contributed by atoms with Crippen LogP contribution in [0.25, 0.3) is 0 Å². The molecule has 4 heteroatoms. The van der Waals surface area contributed by atoms with Gasteiger partial charge in [-0.3, -0.25) is 0 Å². The third kappa shape index (κ3) is 11.1. The molecule has 0 saturated heterocycles. The van der Waals surface area contributed by atoms with E-state index in [1.54, 1.807) is 4.81 Å². The molecule has 0 atom stereocenters. The van der Waals surface area contributed by atoms with Crippen LogP contribution < -0.4 is 0 Å². The number of rotatable bonds is 7. The molecule has 0 heterocycles. The van der Waals surface area contributed by atoms with Crippen LogP contribution in [-0.2, 0) is 37.4 Å². The normalized spacial score (nSPS) is 9.92. The molecule has 0 bridgehead atoms. The van der Waals surface area contributed by atoms with Crippen molar-refractivity contribution in [3.8, 4) is 0 Å². The van der Waals surface area contributed by atoms with E-state index in [2.05, 4.69) is 6.92 Å². The number of hydrogen-bond acceptors (Lipinski definition) is 2. The van der Waals surface area contributed by atoms with Crippen molar-refractivity contribution in [1.29, 1.82) is 0 Å². The van der Waals surface area contributed by atoms with E-state index in [4.69, 9.17) is 12.7 Å². The first-order valence-corrected chi connectivity index (χ1v) is 4.18. The smallest absolute Gasteiger partial charge is 0.182 e. The first-order valence-electron chi connectivity index (χ1n) is 4.18. The number of hydrogen-bond donors (Lipinski definition) is 0. The van der Waals surface area contributed by atoms with E-state index in [1.807, 2.05) is 6.92 Å². The zero-order valence-electron chi connectivity index (χ0n) is 7.96. The molecule has 0 aliphatic rings. The molecule has 0 fully saturated rings. The Hall–Kier alpha value is 1.09. The molecule has 0 N–H and O–H groups in total. The van der Waals surface area contributed by atoms with Crippen LogP contribution in [0.3, 0.4) is 0 Å². The van der Waals surface area contributed by atoms with Gasteiger partial charge >= 0.3 is 0 Å². The van der Waals surface area contributed by atoms with Crippen LogP contribution in [0.4, 0.5) is 0 Å². The van der Waals surface area contributed by atoms with Gasteiger partial charge in [-0.1, -0.05) is 13.3 Å². The zero-order chi connectivity index (χ0) is 8.53. The van der Waals surface area contributed by atoms with E-state index >= 15 is 0 Å². The summed E-state index contributed by atoms with van der Waals surface area (Å²) in [4.78, 5) is 1.74. The molecule has 0 aliphatic heterocycles. The van der Waals surface area contributed by atoms with Crippen molar-refractivity contribution in [3.05, 3.63) is 6.92 Å². The fourth-order valence-corrected chi connectivity index (χ4v) is 0.646. The Kier molecular flexibility index (Phi) is 15.7. The van der Waals surface area contributed by atoms with Gasteiger partial charge in [0.05, 0.1) is 6.61 Å². The van der Waals surface area contributed by atoms with Crippen molar-refractivity contribution in [2.24, 2.45) is 0 Å². The minimum absolute atomic E-state index is 0. The van der Waals surface area contributed by atoms with Gasteiger partial charge in [-0.25, -0.2) is 0 Å². The van der Waals surface area contributed by atoms with Crippen LogP contribution in [0, 0.1) is 6.92 Å². The molecule has 67 valence electrons. The Morgan fingerprint density at radius 1 is 1.42 bits per heavy atom. The van der Waals surface area contributed by atoms with Crippen LogP contribution in [0.5, 0.6) is 0 Å². The Labute approximate surface area is 103 Å². The minimum atomic E-state index is 0. The van der Waals surface area contributed by atoms with Crippen molar-refractivity contribution in [1.82, 2.24) is 4.81 Å². The molecule has 0 amide bonds.